The fourth-order valence-corrected chi connectivity index (χ4v) is 5.43. The fraction of sp³-hybridized carbons (Fsp3) is 0.346. The molecule has 3 heterocycles. The molecule has 36 heavy (non-hydrogen) atoms. The van der Waals surface area contributed by atoms with E-state index < -0.39 is 17.8 Å². The van der Waals surface area contributed by atoms with Crippen molar-refractivity contribution in [2.24, 2.45) is 5.73 Å². The predicted octanol–water partition coefficient (Wildman–Crippen LogP) is 5.29. The van der Waals surface area contributed by atoms with Gasteiger partial charge < -0.3 is 10.6 Å². The molecule has 1 unspecified atom stereocenters. The topological polar surface area (TPSA) is 87.9 Å². The number of rotatable bonds is 6. The van der Waals surface area contributed by atoms with E-state index in [-0.39, 0.29) is 24.1 Å². The highest BCUT2D eigenvalue weighted by Crippen LogP contribution is 2.44. The SMILES string of the molecule is CCC(N)/C=C/C(=O)N1Cc2sc(C#N)cc2[C@H](c2ccccc2-c2cn(CC)nc2C(F)(F)F)C1. The smallest absolute Gasteiger partial charge is 0.333 e. The third kappa shape index (κ3) is 5.08. The highest BCUT2D eigenvalue weighted by Gasteiger charge is 2.39. The molecule has 0 bridgehead atoms. The number of carbonyl (C=O) groups excluding carboxylic acids is 1. The molecule has 2 aromatic heterocycles. The van der Waals surface area contributed by atoms with Crippen molar-refractivity contribution in [1.29, 1.82) is 5.26 Å². The van der Waals surface area contributed by atoms with Gasteiger partial charge in [-0.1, -0.05) is 37.3 Å². The number of amides is 1. The van der Waals surface area contributed by atoms with E-state index in [1.807, 2.05) is 6.92 Å². The fourth-order valence-electron chi connectivity index (χ4n) is 4.39. The van der Waals surface area contributed by atoms with Crippen LogP contribution >= 0.6 is 11.3 Å². The molecule has 2 N–H and O–H groups in total. The molecule has 1 aromatic carbocycles. The molecule has 0 aliphatic carbocycles. The van der Waals surface area contributed by atoms with Crippen molar-refractivity contribution < 1.29 is 18.0 Å². The van der Waals surface area contributed by atoms with Gasteiger partial charge in [0.2, 0.25) is 5.91 Å². The first kappa shape index (κ1) is 25.7. The van der Waals surface area contributed by atoms with Gasteiger partial charge in [0.05, 0.1) is 6.54 Å². The van der Waals surface area contributed by atoms with Gasteiger partial charge in [0.25, 0.3) is 0 Å². The third-order valence-electron chi connectivity index (χ3n) is 6.31. The first-order valence-electron chi connectivity index (χ1n) is 11.7. The van der Waals surface area contributed by atoms with Gasteiger partial charge in [-0.05, 0) is 36.1 Å². The zero-order valence-electron chi connectivity index (χ0n) is 19.9. The summed E-state index contributed by atoms with van der Waals surface area (Å²) >= 11 is 1.30. The average Bonchev–Trinajstić information content (AvgIpc) is 3.50. The third-order valence-corrected chi connectivity index (χ3v) is 7.35. The number of fused-ring (bicyclic) bond motifs is 1. The lowest BCUT2D eigenvalue weighted by Crippen LogP contribution is -2.37. The van der Waals surface area contributed by atoms with E-state index in [9.17, 15) is 23.2 Å². The Morgan fingerprint density at radius 2 is 2.06 bits per heavy atom. The number of nitrogens with two attached hydrogens (primary N) is 1. The molecular weight excluding hydrogens is 487 g/mol. The lowest BCUT2D eigenvalue weighted by Gasteiger charge is -2.33. The Morgan fingerprint density at radius 1 is 1.31 bits per heavy atom. The number of alkyl halides is 3. The van der Waals surface area contributed by atoms with Crippen molar-refractivity contribution in [3.63, 3.8) is 0 Å². The van der Waals surface area contributed by atoms with Crippen molar-refractivity contribution in [3.05, 3.63) is 75.3 Å². The number of carbonyl (C=O) groups is 1. The van der Waals surface area contributed by atoms with Crippen LogP contribution in [0.15, 0.2) is 48.7 Å². The molecule has 10 heteroatoms. The number of aromatic nitrogens is 2. The molecular formula is C26H26F3N5OS. The van der Waals surface area contributed by atoms with Gasteiger partial charge >= 0.3 is 6.18 Å². The minimum absolute atomic E-state index is 0.00509. The number of nitrogens with zero attached hydrogens (tertiary/aromatic N) is 4. The number of hydrogen-bond acceptors (Lipinski definition) is 5. The second-order valence-electron chi connectivity index (χ2n) is 8.64. The van der Waals surface area contributed by atoms with Crippen LogP contribution in [-0.4, -0.2) is 33.2 Å². The number of benzene rings is 1. The van der Waals surface area contributed by atoms with Crippen molar-refractivity contribution in [3.8, 4) is 17.2 Å². The maximum absolute atomic E-state index is 13.9. The Kier molecular flexibility index (Phi) is 7.33. The maximum atomic E-state index is 13.9. The Labute approximate surface area is 211 Å². The van der Waals surface area contributed by atoms with Crippen LogP contribution in [0.1, 0.15) is 52.8 Å². The largest absolute Gasteiger partial charge is 0.435 e. The minimum Gasteiger partial charge on any atom is -0.333 e. The van der Waals surface area contributed by atoms with E-state index in [0.29, 0.717) is 35.5 Å². The number of aryl methyl sites for hydroxylation is 1. The summed E-state index contributed by atoms with van der Waals surface area (Å²) in [4.78, 5) is 16.0. The molecule has 3 aromatic rings. The lowest BCUT2D eigenvalue weighted by molar-refractivity contribution is -0.141. The molecule has 188 valence electrons. The van der Waals surface area contributed by atoms with Crippen LogP contribution < -0.4 is 5.73 Å². The van der Waals surface area contributed by atoms with Gasteiger partial charge in [-0.25, -0.2) is 0 Å². The first-order valence-corrected chi connectivity index (χ1v) is 12.5. The summed E-state index contributed by atoms with van der Waals surface area (Å²) in [5, 5.41) is 13.3. The number of hydrogen-bond donors (Lipinski definition) is 1. The van der Waals surface area contributed by atoms with Crippen LogP contribution in [0.5, 0.6) is 0 Å². The summed E-state index contributed by atoms with van der Waals surface area (Å²) in [6, 6.07) is 10.6. The van der Waals surface area contributed by atoms with Gasteiger partial charge in [-0.15, -0.1) is 11.3 Å². The lowest BCUT2D eigenvalue weighted by atomic mass is 9.83. The molecule has 2 atom stereocenters. The minimum atomic E-state index is -4.62. The monoisotopic (exact) mass is 513 g/mol. The van der Waals surface area contributed by atoms with E-state index in [2.05, 4.69) is 11.2 Å². The summed E-state index contributed by atoms with van der Waals surface area (Å²) in [6.07, 6.45) is 0.589. The second-order valence-corrected chi connectivity index (χ2v) is 9.77. The first-order chi connectivity index (χ1) is 17.2. The maximum Gasteiger partial charge on any atom is 0.435 e. The quantitative estimate of drug-likeness (QED) is 0.454. The summed E-state index contributed by atoms with van der Waals surface area (Å²) in [5.74, 6) is -0.639. The van der Waals surface area contributed by atoms with Crippen LogP contribution in [0.25, 0.3) is 11.1 Å². The number of halogens is 3. The van der Waals surface area contributed by atoms with Crippen molar-refractivity contribution in [2.45, 2.75) is 51.5 Å². The highest BCUT2D eigenvalue weighted by atomic mass is 32.1. The van der Waals surface area contributed by atoms with E-state index >= 15 is 0 Å². The molecule has 1 aliphatic rings. The zero-order chi connectivity index (χ0) is 26.0. The van der Waals surface area contributed by atoms with E-state index in [4.69, 9.17) is 5.73 Å². The Hall–Kier alpha value is -3.42. The standard InChI is InChI=1S/C26H26F3N5OS/c1-3-16(31)9-10-24(35)33-13-21(20-11-17(12-30)36-23(20)15-33)18-7-5-6-8-19(18)22-14-34(4-2)32-25(22)26(27,28)29/h5-11,14,16,21H,3-4,13,15,31H2,1-2H3/b10-9+/t16?,21-/m0/s1. The molecule has 1 amide bonds. The van der Waals surface area contributed by atoms with E-state index in [1.54, 1.807) is 48.2 Å². The highest BCUT2D eigenvalue weighted by molar-refractivity contribution is 7.12. The van der Waals surface area contributed by atoms with E-state index in [1.165, 1.54) is 28.3 Å². The summed E-state index contributed by atoms with van der Waals surface area (Å²) in [5.41, 5.74) is 6.89. The molecule has 0 spiro atoms. The van der Waals surface area contributed by atoms with Gasteiger partial charge in [-0.3, -0.25) is 9.48 Å². The van der Waals surface area contributed by atoms with Gasteiger partial charge in [0.1, 0.15) is 10.9 Å². The average molecular weight is 514 g/mol. The van der Waals surface area contributed by atoms with Crippen molar-refractivity contribution in [2.75, 3.05) is 6.54 Å². The second kappa shape index (κ2) is 10.3. The molecule has 0 saturated heterocycles. The Morgan fingerprint density at radius 3 is 2.72 bits per heavy atom. The van der Waals surface area contributed by atoms with Crippen molar-refractivity contribution >= 4 is 17.2 Å². The van der Waals surface area contributed by atoms with Gasteiger partial charge in [0.15, 0.2) is 5.69 Å². The van der Waals surface area contributed by atoms with Crippen LogP contribution in [0.4, 0.5) is 13.2 Å². The molecule has 6 nitrogen and oxygen atoms in total. The Bertz CT molecular complexity index is 1330. The van der Waals surface area contributed by atoms with Crippen molar-refractivity contribution in [1.82, 2.24) is 14.7 Å². The van der Waals surface area contributed by atoms with E-state index in [0.717, 1.165) is 10.4 Å². The number of thiophene rings is 1. The van der Waals surface area contributed by atoms with Gasteiger partial charge in [-0.2, -0.15) is 23.5 Å². The Balaban J connectivity index is 1.82. The molecule has 0 fully saturated rings. The van der Waals surface area contributed by atoms with Crippen LogP contribution in [-0.2, 0) is 24.1 Å². The van der Waals surface area contributed by atoms with Gasteiger partial charge in [0, 0.05) is 47.8 Å². The summed E-state index contributed by atoms with van der Waals surface area (Å²) in [7, 11) is 0. The summed E-state index contributed by atoms with van der Waals surface area (Å²) < 4.78 is 43.0. The normalized spacial score (nSPS) is 16.7. The van der Waals surface area contributed by atoms with Crippen LogP contribution in [0.3, 0.4) is 0 Å². The molecule has 4 rings (SSSR count). The van der Waals surface area contributed by atoms with Crippen LogP contribution in [0, 0.1) is 11.3 Å². The van der Waals surface area contributed by atoms with Crippen LogP contribution in [0.2, 0.25) is 0 Å². The predicted molar refractivity (Wildman–Crippen MR) is 132 cm³/mol. The molecule has 0 saturated carbocycles. The number of nitriles is 1. The molecule has 1 aliphatic heterocycles. The summed E-state index contributed by atoms with van der Waals surface area (Å²) in [6.45, 7) is 4.53. The molecule has 0 radical (unpaired) electrons. The zero-order valence-corrected chi connectivity index (χ0v) is 20.7.